The minimum atomic E-state index is -0.0376. The lowest BCUT2D eigenvalue weighted by Gasteiger charge is -2.08. The Hall–Kier alpha value is -1.34. The summed E-state index contributed by atoms with van der Waals surface area (Å²) in [4.78, 5) is 12.1. The molecule has 0 saturated heterocycles. The van der Waals surface area contributed by atoms with Crippen LogP contribution in [-0.4, -0.2) is 26.4 Å². The van der Waals surface area contributed by atoms with Crippen LogP contribution in [0.3, 0.4) is 0 Å². The molecular weight excluding hydrogens is 376 g/mol. The molecule has 1 aromatic heterocycles. The molecule has 5 nitrogen and oxygen atoms in total. The molecule has 0 spiro atoms. The highest BCUT2D eigenvalue weighted by atomic mass is 79.9. The van der Waals surface area contributed by atoms with Crippen molar-refractivity contribution in [3.63, 3.8) is 0 Å². The van der Waals surface area contributed by atoms with Crippen molar-refractivity contribution in [2.45, 2.75) is 44.3 Å². The topological polar surface area (TPSA) is 59.8 Å². The number of hydrogen-bond acceptors (Lipinski definition) is 4. The van der Waals surface area contributed by atoms with E-state index in [9.17, 15) is 4.79 Å². The number of carbonyl (C=O) groups excluding carboxylic acids is 1. The lowest BCUT2D eigenvalue weighted by molar-refractivity contribution is -0.113. The van der Waals surface area contributed by atoms with Gasteiger partial charge < -0.3 is 9.88 Å². The first-order chi connectivity index (χ1) is 11.1. The van der Waals surface area contributed by atoms with Gasteiger partial charge in [0.1, 0.15) is 5.82 Å². The van der Waals surface area contributed by atoms with E-state index in [-0.39, 0.29) is 5.91 Å². The van der Waals surface area contributed by atoms with Crippen LogP contribution in [0.1, 0.15) is 37.1 Å². The highest BCUT2D eigenvalue weighted by molar-refractivity contribution is 9.10. The number of rotatable bonds is 6. The predicted molar refractivity (Wildman–Crippen MR) is 95.9 cm³/mol. The first kappa shape index (κ1) is 16.5. The number of nitrogens with zero attached hydrogens (tertiary/aromatic N) is 3. The minimum Gasteiger partial charge on any atom is -0.325 e. The van der Waals surface area contributed by atoms with E-state index in [0.29, 0.717) is 11.7 Å². The lowest BCUT2D eigenvalue weighted by atomic mass is 10.2. The van der Waals surface area contributed by atoms with Crippen molar-refractivity contribution in [2.75, 3.05) is 11.1 Å². The average molecular weight is 395 g/mol. The molecule has 1 N–H and O–H groups in total. The van der Waals surface area contributed by atoms with Crippen LogP contribution >= 0.6 is 27.7 Å². The van der Waals surface area contributed by atoms with E-state index >= 15 is 0 Å². The van der Waals surface area contributed by atoms with Crippen LogP contribution in [0.25, 0.3) is 0 Å². The van der Waals surface area contributed by atoms with E-state index in [0.717, 1.165) is 33.2 Å². The fraction of sp³-hybridized carbons (Fsp3) is 0.438. The molecule has 2 aromatic rings. The number of amides is 1. The van der Waals surface area contributed by atoms with Gasteiger partial charge in [0.2, 0.25) is 5.91 Å². The van der Waals surface area contributed by atoms with Crippen LogP contribution in [-0.2, 0) is 11.3 Å². The van der Waals surface area contributed by atoms with Gasteiger partial charge >= 0.3 is 0 Å². The number of halogens is 1. The molecule has 1 heterocycles. The SMILES string of the molecule is CCn1c(SCC(=O)Nc2ccc(C)c(Br)c2)nnc1C1CC1. The van der Waals surface area contributed by atoms with Crippen LogP contribution < -0.4 is 5.32 Å². The Bertz CT molecular complexity index is 727. The number of carbonyl (C=O) groups is 1. The molecule has 0 radical (unpaired) electrons. The van der Waals surface area contributed by atoms with Gasteiger partial charge in [-0.25, -0.2) is 0 Å². The summed E-state index contributed by atoms with van der Waals surface area (Å²) in [6.07, 6.45) is 2.40. The second-order valence-electron chi connectivity index (χ2n) is 5.66. The van der Waals surface area contributed by atoms with Gasteiger partial charge in [-0.15, -0.1) is 10.2 Å². The maximum Gasteiger partial charge on any atom is 0.234 e. The van der Waals surface area contributed by atoms with Gasteiger partial charge in [-0.3, -0.25) is 4.79 Å². The van der Waals surface area contributed by atoms with Crippen LogP contribution in [0.4, 0.5) is 5.69 Å². The Morgan fingerprint density at radius 3 is 2.87 bits per heavy atom. The van der Waals surface area contributed by atoms with Gasteiger partial charge in [-0.05, 0) is 44.4 Å². The molecule has 0 unspecified atom stereocenters. The summed E-state index contributed by atoms with van der Waals surface area (Å²) >= 11 is 4.91. The van der Waals surface area contributed by atoms with Crippen molar-refractivity contribution in [3.05, 3.63) is 34.1 Å². The molecule has 1 aliphatic carbocycles. The Balaban J connectivity index is 1.59. The highest BCUT2D eigenvalue weighted by Gasteiger charge is 2.30. The summed E-state index contributed by atoms with van der Waals surface area (Å²) in [5, 5.41) is 12.3. The Kier molecular flexibility index (Phi) is 5.06. The van der Waals surface area contributed by atoms with Crippen LogP contribution in [0.2, 0.25) is 0 Å². The Morgan fingerprint density at radius 1 is 1.43 bits per heavy atom. The summed E-state index contributed by atoms with van der Waals surface area (Å²) in [6, 6.07) is 5.79. The molecule has 3 rings (SSSR count). The van der Waals surface area contributed by atoms with Gasteiger partial charge in [0.15, 0.2) is 5.16 Å². The second-order valence-corrected chi connectivity index (χ2v) is 7.46. The molecule has 7 heteroatoms. The molecule has 1 aliphatic rings. The number of nitrogens with one attached hydrogen (secondary N) is 1. The van der Waals surface area contributed by atoms with Gasteiger partial charge in [0, 0.05) is 22.6 Å². The van der Waals surface area contributed by atoms with Crippen molar-refractivity contribution in [1.82, 2.24) is 14.8 Å². The molecule has 23 heavy (non-hydrogen) atoms. The molecule has 1 fully saturated rings. The molecule has 0 bridgehead atoms. The zero-order valence-corrected chi connectivity index (χ0v) is 15.6. The predicted octanol–water partition coefficient (Wildman–Crippen LogP) is 3.98. The van der Waals surface area contributed by atoms with E-state index in [4.69, 9.17) is 0 Å². The third-order valence-corrected chi connectivity index (χ3v) is 5.61. The van der Waals surface area contributed by atoms with Crippen molar-refractivity contribution < 1.29 is 4.79 Å². The number of aromatic nitrogens is 3. The summed E-state index contributed by atoms with van der Waals surface area (Å²) in [5.74, 6) is 1.92. The van der Waals surface area contributed by atoms with Crippen LogP contribution in [0, 0.1) is 6.92 Å². The fourth-order valence-electron chi connectivity index (χ4n) is 2.35. The zero-order chi connectivity index (χ0) is 16.4. The molecular formula is C16H19BrN4OS. The van der Waals surface area contributed by atoms with Gasteiger partial charge in [-0.2, -0.15) is 0 Å². The molecule has 122 valence electrons. The standard InChI is InChI=1S/C16H19BrN4OS/c1-3-21-15(11-5-6-11)19-20-16(21)23-9-14(22)18-12-7-4-10(2)13(17)8-12/h4,7-8,11H,3,5-6,9H2,1-2H3,(H,18,22). The molecule has 0 atom stereocenters. The molecule has 1 amide bonds. The van der Waals surface area contributed by atoms with E-state index in [1.54, 1.807) is 0 Å². The summed E-state index contributed by atoms with van der Waals surface area (Å²) < 4.78 is 3.11. The first-order valence-electron chi connectivity index (χ1n) is 7.70. The summed E-state index contributed by atoms with van der Waals surface area (Å²) in [5.41, 5.74) is 1.93. The Labute approximate surface area is 148 Å². The average Bonchev–Trinajstić information content (AvgIpc) is 3.29. The van der Waals surface area contributed by atoms with Gasteiger partial charge in [0.25, 0.3) is 0 Å². The lowest BCUT2D eigenvalue weighted by Crippen LogP contribution is -2.14. The summed E-state index contributed by atoms with van der Waals surface area (Å²) in [7, 11) is 0. The first-order valence-corrected chi connectivity index (χ1v) is 9.48. The van der Waals surface area contributed by atoms with Gasteiger partial charge in [0.05, 0.1) is 5.75 Å². The van der Waals surface area contributed by atoms with Gasteiger partial charge in [-0.1, -0.05) is 33.8 Å². The minimum absolute atomic E-state index is 0.0376. The third-order valence-electron chi connectivity index (χ3n) is 3.79. The molecule has 0 aliphatic heterocycles. The Morgan fingerprint density at radius 2 is 2.22 bits per heavy atom. The zero-order valence-electron chi connectivity index (χ0n) is 13.2. The fourth-order valence-corrected chi connectivity index (χ4v) is 3.53. The van der Waals surface area contributed by atoms with Crippen LogP contribution in [0.5, 0.6) is 0 Å². The van der Waals surface area contributed by atoms with E-state index in [2.05, 4.69) is 42.9 Å². The number of hydrogen-bond donors (Lipinski definition) is 1. The highest BCUT2D eigenvalue weighted by Crippen LogP contribution is 2.39. The van der Waals surface area contributed by atoms with Crippen molar-refractivity contribution >= 4 is 39.3 Å². The normalized spacial score (nSPS) is 14.0. The van der Waals surface area contributed by atoms with Crippen molar-refractivity contribution in [1.29, 1.82) is 0 Å². The van der Waals surface area contributed by atoms with E-state index in [1.165, 1.54) is 24.6 Å². The summed E-state index contributed by atoms with van der Waals surface area (Å²) in [6.45, 7) is 4.94. The van der Waals surface area contributed by atoms with E-state index < -0.39 is 0 Å². The van der Waals surface area contributed by atoms with Crippen LogP contribution in [0.15, 0.2) is 27.8 Å². The number of anilines is 1. The van der Waals surface area contributed by atoms with E-state index in [1.807, 2.05) is 25.1 Å². The maximum absolute atomic E-state index is 12.1. The third kappa shape index (κ3) is 3.95. The van der Waals surface area contributed by atoms with Crippen molar-refractivity contribution in [3.8, 4) is 0 Å². The number of thioether (sulfide) groups is 1. The maximum atomic E-state index is 12.1. The number of aryl methyl sites for hydroxylation is 1. The van der Waals surface area contributed by atoms with Crippen molar-refractivity contribution in [2.24, 2.45) is 0 Å². The molecule has 1 aromatic carbocycles. The smallest absolute Gasteiger partial charge is 0.234 e. The monoisotopic (exact) mass is 394 g/mol. The number of benzene rings is 1. The quantitative estimate of drug-likeness (QED) is 0.752. The largest absolute Gasteiger partial charge is 0.325 e. The second kappa shape index (κ2) is 7.05. The molecule has 1 saturated carbocycles.